The molecular formula is C11H14N4O2. The summed E-state index contributed by atoms with van der Waals surface area (Å²) in [5, 5.41) is 11.8. The van der Waals surface area contributed by atoms with Crippen LogP contribution in [0, 0.1) is 0 Å². The Morgan fingerprint density at radius 3 is 3.18 bits per heavy atom. The first kappa shape index (κ1) is 11.5. The summed E-state index contributed by atoms with van der Waals surface area (Å²) >= 11 is 0. The molecule has 0 fully saturated rings. The van der Waals surface area contributed by atoms with Gasteiger partial charge in [0.05, 0.1) is 6.10 Å². The quantitative estimate of drug-likeness (QED) is 0.793. The summed E-state index contributed by atoms with van der Waals surface area (Å²) in [5.41, 5.74) is 0.328. The van der Waals surface area contributed by atoms with E-state index in [1.165, 1.54) is 0 Å². The van der Waals surface area contributed by atoms with E-state index in [-0.39, 0.29) is 5.91 Å². The van der Waals surface area contributed by atoms with Crippen molar-refractivity contribution in [2.45, 2.75) is 19.4 Å². The Labute approximate surface area is 98.3 Å². The number of hydrogen-bond donors (Lipinski definition) is 2. The number of imidazole rings is 1. The Hall–Kier alpha value is -1.95. The minimum Gasteiger partial charge on any atom is -0.393 e. The first-order chi connectivity index (χ1) is 8.16. The predicted octanol–water partition coefficient (Wildman–Crippen LogP) is 0.230. The van der Waals surface area contributed by atoms with E-state index in [2.05, 4.69) is 15.3 Å². The molecule has 1 unspecified atom stereocenters. The largest absolute Gasteiger partial charge is 0.393 e. The Balaban J connectivity index is 2.04. The van der Waals surface area contributed by atoms with Gasteiger partial charge in [-0.3, -0.25) is 9.20 Å². The van der Waals surface area contributed by atoms with Crippen molar-refractivity contribution in [1.29, 1.82) is 0 Å². The molecule has 0 aliphatic rings. The van der Waals surface area contributed by atoms with Gasteiger partial charge in [0.2, 0.25) is 5.78 Å². The SMILES string of the molecule is CC(O)CCNC(=O)c1cn2cccnc2n1. The van der Waals surface area contributed by atoms with Gasteiger partial charge in [0, 0.05) is 25.1 Å². The van der Waals surface area contributed by atoms with Gasteiger partial charge in [-0.2, -0.15) is 0 Å². The van der Waals surface area contributed by atoms with Crippen LogP contribution in [0.25, 0.3) is 5.78 Å². The van der Waals surface area contributed by atoms with Gasteiger partial charge in [-0.25, -0.2) is 9.97 Å². The van der Waals surface area contributed by atoms with E-state index in [4.69, 9.17) is 5.11 Å². The molecule has 0 saturated carbocycles. The number of carbonyl (C=O) groups excluding carboxylic acids is 1. The number of nitrogens with zero attached hydrogens (tertiary/aromatic N) is 3. The first-order valence-electron chi connectivity index (χ1n) is 5.43. The van der Waals surface area contributed by atoms with Crippen LogP contribution in [-0.4, -0.2) is 38.0 Å². The van der Waals surface area contributed by atoms with Gasteiger partial charge in [0.15, 0.2) is 0 Å². The highest BCUT2D eigenvalue weighted by atomic mass is 16.3. The molecule has 17 heavy (non-hydrogen) atoms. The van der Waals surface area contributed by atoms with Crippen LogP contribution in [0.1, 0.15) is 23.8 Å². The number of aromatic nitrogens is 3. The zero-order valence-corrected chi connectivity index (χ0v) is 9.50. The fraction of sp³-hybridized carbons (Fsp3) is 0.364. The van der Waals surface area contributed by atoms with E-state index in [0.29, 0.717) is 24.4 Å². The topological polar surface area (TPSA) is 79.5 Å². The van der Waals surface area contributed by atoms with Crippen LogP contribution in [0.2, 0.25) is 0 Å². The molecule has 0 aliphatic carbocycles. The standard InChI is InChI=1S/C11H14N4O2/c1-8(16)3-5-12-10(17)9-7-15-6-2-4-13-11(15)14-9/h2,4,6-8,16H,3,5H2,1H3,(H,12,17). The van der Waals surface area contributed by atoms with Gasteiger partial charge in [0.25, 0.3) is 5.91 Å². The van der Waals surface area contributed by atoms with Gasteiger partial charge in [-0.05, 0) is 19.4 Å². The van der Waals surface area contributed by atoms with E-state index in [1.807, 2.05) is 0 Å². The number of aliphatic hydroxyl groups is 1. The average Bonchev–Trinajstić information content (AvgIpc) is 2.71. The van der Waals surface area contributed by atoms with E-state index >= 15 is 0 Å². The average molecular weight is 234 g/mol. The minimum absolute atomic E-state index is 0.254. The molecule has 0 saturated heterocycles. The molecule has 2 heterocycles. The fourth-order valence-corrected chi connectivity index (χ4v) is 1.42. The Bertz CT molecular complexity index is 488. The van der Waals surface area contributed by atoms with Crippen LogP contribution < -0.4 is 5.32 Å². The smallest absolute Gasteiger partial charge is 0.271 e. The molecule has 1 amide bonds. The second kappa shape index (κ2) is 4.92. The van der Waals surface area contributed by atoms with Crippen molar-refractivity contribution in [3.05, 3.63) is 30.4 Å². The number of aliphatic hydroxyl groups excluding tert-OH is 1. The highest BCUT2D eigenvalue weighted by molar-refractivity contribution is 5.92. The lowest BCUT2D eigenvalue weighted by Crippen LogP contribution is -2.26. The molecule has 2 N–H and O–H groups in total. The third kappa shape index (κ3) is 2.79. The molecule has 2 rings (SSSR count). The summed E-state index contributed by atoms with van der Waals surface area (Å²) in [5.74, 6) is 0.240. The molecular weight excluding hydrogens is 220 g/mol. The third-order valence-electron chi connectivity index (χ3n) is 2.32. The number of hydrogen-bond acceptors (Lipinski definition) is 4. The lowest BCUT2D eigenvalue weighted by Gasteiger charge is -2.04. The molecule has 2 aromatic rings. The monoisotopic (exact) mass is 234 g/mol. The molecule has 0 aliphatic heterocycles. The fourth-order valence-electron chi connectivity index (χ4n) is 1.42. The number of rotatable bonds is 4. The molecule has 2 aromatic heterocycles. The second-order valence-electron chi connectivity index (χ2n) is 3.85. The summed E-state index contributed by atoms with van der Waals surface area (Å²) in [7, 11) is 0. The van der Waals surface area contributed by atoms with Gasteiger partial charge >= 0.3 is 0 Å². The molecule has 0 aromatic carbocycles. The first-order valence-corrected chi connectivity index (χ1v) is 5.43. The Morgan fingerprint density at radius 1 is 1.65 bits per heavy atom. The molecule has 6 nitrogen and oxygen atoms in total. The van der Waals surface area contributed by atoms with Crippen molar-refractivity contribution in [3.8, 4) is 0 Å². The highest BCUT2D eigenvalue weighted by Gasteiger charge is 2.10. The molecule has 0 spiro atoms. The second-order valence-corrected chi connectivity index (χ2v) is 3.85. The number of nitrogens with one attached hydrogen (secondary N) is 1. The zero-order chi connectivity index (χ0) is 12.3. The van der Waals surface area contributed by atoms with Crippen LogP contribution in [0.5, 0.6) is 0 Å². The van der Waals surface area contributed by atoms with Crippen molar-refractivity contribution < 1.29 is 9.90 Å². The number of fused-ring (bicyclic) bond motifs is 1. The summed E-state index contributed by atoms with van der Waals surface area (Å²) in [6.45, 7) is 2.11. The van der Waals surface area contributed by atoms with E-state index in [0.717, 1.165) is 0 Å². The number of carbonyl (C=O) groups is 1. The molecule has 6 heteroatoms. The van der Waals surface area contributed by atoms with Crippen molar-refractivity contribution in [2.24, 2.45) is 0 Å². The van der Waals surface area contributed by atoms with Gasteiger partial charge in [0.1, 0.15) is 5.69 Å². The normalized spacial score (nSPS) is 12.6. The number of amides is 1. The van der Waals surface area contributed by atoms with E-state index in [9.17, 15) is 4.79 Å². The predicted molar refractivity (Wildman–Crippen MR) is 61.6 cm³/mol. The maximum atomic E-state index is 11.7. The van der Waals surface area contributed by atoms with Crippen molar-refractivity contribution >= 4 is 11.7 Å². The van der Waals surface area contributed by atoms with Gasteiger partial charge in [-0.15, -0.1) is 0 Å². The minimum atomic E-state index is -0.418. The van der Waals surface area contributed by atoms with Crippen LogP contribution in [-0.2, 0) is 0 Å². The summed E-state index contributed by atoms with van der Waals surface area (Å²) in [6, 6.07) is 1.77. The molecule has 1 atom stereocenters. The van der Waals surface area contributed by atoms with E-state index < -0.39 is 6.10 Å². The van der Waals surface area contributed by atoms with Crippen molar-refractivity contribution in [2.75, 3.05) is 6.54 Å². The van der Waals surface area contributed by atoms with Gasteiger partial charge in [-0.1, -0.05) is 0 Å². The van der Waals surface area contributed by atoms with Crippen molar-refractivity contribution in [1.82, 2.24) is 19.7 Å². The molecule has 0 bridgehead atoms. The highest BCUT2D eigenvalue weighted by Crippen LogP contribution is 2.01. The van der Waals surface area contributed by atoms with Crippen molar-refractivity contribution in [3.63, 3.8) is 0 Å². The summed E-state index contributed by atoms with van der Waals surface area (Å²) < 4.78 is 1.68. The van der Waals surface area contributed by atoms with Crippen LogP contribution in [0.4, 0.5) is 0 Å². The summed E-state index contributed by atoms with van der Waals surface area (Å²) in [6.07, 6.45) is 5.13. The Kier molecular flexibility index (Phi) is 3.34. The summed E-state index contributed by atoms with van der Waals surface area (Å²) in [4.78, 5) is 19.8. The van der Waals surface area contributed by atoms with E-state index in [1.54, 1.807) is 36.0 Å². The zero-order valence-electron chi connectivity index (χ0n) is 9.50. The maximum Gasteiger partial charge on any atom is 0.271 e. The Morgan fingerprint density at radius 2 is 2.47 bits per heavy atom. The van der Waals surface area contributed by atoms with Crippen LogP contribution in [0.15, 0.2) is 24.7 Å². The molecule has 0 radical (unpaired) electrons. The van der Waals surface area contributed by atoms with Crippen LogP contribution in [0.3, 0.4) is 0 Å². The van der Waals surface area contributed by atoms with Gasteiger partial charge < -0.3 is 10.4 Å². The lowest BCUT2D eigenvalue weighted by molar-refractivity contribution is 0.0941. The van der Waals surface area contributed by atoms with Crippen LogP contribution >= 0.6 is 0 Å². The lowest BCUT2D eigenvalue weighted by atomic mass is 10.3. The molecule has 90 valence electrons. The third-order valence-corrected chi connectivity index (χ3v) is 2.32. The maximum absolute atomic E-state index is 11.7.